The number of ether oxygens (including phenoxy) is 1. The summed E-state index contributed by atoms with van der Waals surface area (Å²) < 4.78 is 5.79. The van der Waals surface area contributed by atoms with Crippen LogP contribution in [0.1, 0.15) is 50.5 Å². The van der Waals surface area contributed by atoms with Gasteiger partial charge in [-0.25, -0.2) is 4.79 Å². The first-order valence-corrected chi connectivity index (χ1v) is 10.1. The summed E-state index contributed by atoms with van der Waals surface area (Å²) in [4.78, 5) is 26.8. The van der Waals surface area contributed by atoms with Gasteiger partial charge in [0.15, 0.2) is 0 Å². The van der Waals surface area contributed by atoms with Gasteiger partial charge in [0.2, 0.25) is 5.91 Å². The zero-order valence-electron chi connectivity index (χ0n) is 15.9. The largest absolute Gasteiger partial charge is 0.376 e. The third kappa shape index (κ3) is 3.95. The van der Waals surface area contributed by atoms with Crippen molar-refractivity contribution in [1.82, 2.24) is 15.5 Å². The Morgan fingerprint density at radius 2 is 2.07 bits per heavy atom. The van der Waals surface area contributed by atoms with E-state index in [0.717, 1.165) is 32.4 Å². The molecule has 0 aromatic heterocycles. The lowest BCUT2D eigenvalue weighted by Gasteiger charge is -2.37. The Morgan fingerprint density at radius 1 is 1.26 bits per heavy atom. The van der Waals surface area contributed by atoms with Gasteiger partial charge in [-0.15, -0.1) is 0 Å². The lowest BCUT2D eigenvalue weighted by atomic mass is 9.92. The van der Waals surface area contributed by atoms with E-state index < -0.39 is 0 Å². The molecule has 6 nitrogen and oxygen atoms in total. The summed E-state index contributed by atoms with van der Waals surface area (Å²) in [5.41, 5.74) is 1.29. The number of rotatable bonds is 3. The first kappa shape index (κ1) is 18.3. The van der Waals surface area contributed by atoms with Crippen LogP contribution < -0.4 is 10.6 Å². The lowest BCUT2D eigenvalue weighted by Crippen LogP contribution is -2.61. The molecule has 3 saturated heterocycles. The topological polar surface area (TPSA) is 70.7 Å². The van der Waals surface area contributed by atoms with Crippen LogP contribution in [0.2, 0.25) is 0 Å². The molecule has 3 aliphatic heterocycles. The van der Waals surface area contributed by atoms with Gasteiger partial charge in [0.05, 0.1) is 18.2 Å². The SMILES string of the molecule is CC1CC(c2ccccc2)CN1C(=O)NC1CCC(=O)NC1C1CCCO1. The second-order valence-corrected chi connectivity index (χ2v) is 8.08. The van der Waals surface area contributed by atoms with Crippen LogP contribution in [-0.2, 0) is 9.53 Å². The number of piperidine rings is 1. The predicted octanol–water partition coefficient (Wildman–Crippen LogP) is 2.40. The number of amides is 3. The van der Waals surface area contributed by atoms with Crippen LogP contribution >= 0.6 is 0 Å². The fourth-order valence-corrected chi connectivity index (χ4v) is 4.75. The van der Waals surface area contributed by atoms with E-state index in [2.05, 4.69) is 41.8 Å². The molecule has 3 amide bonds. The third-order valence-corrected chi connectivity index (χ3v) is 6.22. The monoisotopic (exact) mass is 371 g/mol. The molecule has 0 bridgehead atoms. The zero-order chi connectivity index (χ0) is 18.8. The number of hydrogen-bond acceptors (Lipinski definition) is 3. The van der Waals surface area contributed by atoms with E-state index >= 15 is 0 Å². The number of carbonyl (C=O) groups is 2. The molecule has 5 atom stereocenters. The second kappa shape index (κ2) is 7.89. The van der Waals surface area contributed by atoms with Gasteiger partial charge in [-0.2, -0.15) is 0 Å². The van der Waals surface area contributed by atoms with Crippen molar-refractivity contribution in [1.29, 1.82) is 0 Å². The fourth-order valence-electron chi connectivity index (χ4n) is 4.75. The minimum absolute atomic E-state index is 0.00705. The Labute approximate surface area is 160 Å². The molecule has 4 rings (SSSR count). The molecule has 3 aliphatic rings. The molecule has 0 spiro atoms. The summed E-state index contributed by atoms with van der Waals surface area (Å²) in [5, 5.41) is 6.26. The second-order valence-electron chi connectivity index (χ2n) is 8.08. The van der Waals surface area contributed by atoms with Crippen molar-refractivity contribution in [2.45, 2.75) is 69.2 Å². The molecule has 3 heterocycles. The zero-order valence-corrected chi connectivity index (χ0v) is 15.9. The summed E-state index contributed by atoms with van der Waals surface area (Å²) >= 11 is 0. The highest BCUT2D eigenvalue weighted by Gasteiger charge is 2.40. The molecular formula is C21H29N3O3. The fraction of sp³-hybridized carbons (Fsp3) is 0.619. The first-order valence-electron chi connectivity index (χ1n) is 10.1. The lowest BCUT2D eigenvalue weighted by molar-refractivity contribution is -0.125. The van der Waals surface area contributed by atoms with Crippen LogP contribution in [-0.4, -0.2) is 54.2 Å². The van der Waals surface area contributed by atoms with Gasteiger partial charge < -0.3 is 20.3 Å². The van der Waals surface area contributed by atoms with Crippen molar-refractivity contribution in [2.75, 3.05) is 13.2 Å². The molecule has 146 valence electrons. The van der Waals surface area contributed by atoms with Crippen molar-refractivity contribution in [3.05, 3.63) is 35.9 Å². The molecule has 27 heavy (non-hydrogen) atoms. The summed E-state index contributed by atoms with van der Waals surface area (Å²) in [6, 6.07) is 10.4. The molecular weight excluding hydrogens is 342 g/mol. The number of likely N-dealkylation sites (tertiary alicyclic amines) is 1. The number of hydrogen-bond donors (Lipinski definition) is 2. The molecule has 6 heteroatoms. The molecule has 1 aromatic carbocycles. The van der Waals surface area contributed by atoms with Crippen molar-refractivity contribution in [2.24, 2.45) is 0 Å². The van der Waals surface area contributed by atoms with Crippen LogP contribution in [0.25, 0.3) is 0 Å². The molecule has 0 aliphatic carbocycles. The van der Waals surface area contributed by atoms with Gasteiger partial charge in [0.25, 0.3) is 0 Å². The Kier molecular flexibility index (Phi) is 5.34. The highest BCUT2D eigenvalue weighted by atomic mass is 16.5. The predicted molar refractivity (Wildman–Crippen MR) is 102 cm³/mol. The molecule has 0 radical (unpaired) electrons. The first-order chi connectivity index (χ1) is 13.1. The van der Waals surface area contributed by atoms with E-state index in [1.807, 2.05) is 11.0 Å². The van der Waals surface area contributed by atoms with Crippen LogP contribution in [0.15, 0.2) is 30.3 Å². The van der Waals surface area contributed by atoms with Crippen molar-refractivity contribution < 1.29 is 14.3 Å². The van der Waals surface area contributed by atoms with Crippen LogP contribution in [0.5, 0.6) is 0 Å². The minimum Gasteiger partial charge on any atom is -0.376 e. The van der Waals surface area contributed by atoms with E-state index in [-0.39, 0.29) is 36.2 Å². The van der Waals surface area contributed by atoms with Gasteiger partial charge in [-0.3, -0.25) is 4.79 Å². The van der Waals surface area contributed by atoms with Gasteiger partial charge in [-0.05, 0) is 38.2 Å². The summed E-state index contributed by atoms with van der Waals surface area (Å²) in [6.45, 7) is 3.59. The van der Waals surface area contributed by atoms with E-state index in [1.165, 1.54) is 5.56 Å². The van der Waals surface area contributed by atoms with E-state index in [0.29, 0.717) is 18.8 Å². The molecule has 3 fully saturated rings. The Bertz CT molecular complexity index is 675. The smallest absolute Gasteiger partial charge is 0.317 e. The van der Waals surface area contributed by atoms with Crippen LogP contribution in [0.4, 0.5) is 4.79 Å². The molecule has 2 N–H and O–H groups in total. The molecule has 0 saturated carbocycles. The average molecular weight is 371 g/mol. The quantitative estimate of drug-likeness (QED) is 0.857. The highest BCUT2D eigenvalue weighted by Crippen LogP contribution is 2.32. The van der Waals surface area contributed by atoms with Crippen LogP contribution in [0.3, 0.4) is 0 Å². The van der Waals surface area contributed by atoms with Crippen LogP contribution in [0, 0.1) is 0 Å². The number of carbonyl (C=O) groups excluding carboxylic acids is 2. The average Bonchev–Trinajstić information content (AvgIpc) is 3.34. The summed E-state index contributed by atoms with van der Waals surface area (Å²) in [6.07, 6.45) is 4.07. The van der Waals surface area contributed by atoms with Crippen molar-refractivity contribution >= 4 is 11.9 Å². The number of benzene rings is 1. The number of nitrogens with zero attached hydrogens (tertiary/aromatic N) is 1. The molecule has 1 aromatic rings. The van der Waals surface area contributed by atoms with Gasteiger partial charge >= 0.3 is 6.03 Å². The maximum Gasteiger partial charge on any atom is 0.317 e. The van der Waals surface area contributed by atoms with Gasteiger partial charge in [0.1, 0.15) is 0 Å². The highest BCUT2D eigenvalue weighted by molar-refractivity contribution is 5.79. The summed E-state index contributed by atoms with van der Waals surface area (Å²) in [5.74, 6) is 0.437. The summed E-state index contributed by atoms with van der Waals surface area (Å²) in [7, 11) is 0. The maximum atomic E-state index is 13.0. The number of urea groups is 1. The van der Waals surface area contributed by atoms with E-state index in [9.17, 15) is 9.59 Å². The number of nitrogens with one attached hydrogen (secondary N) is 2. The Morgan fingerprint density at radius 3 is 2.81 bits per heavy atom. The van der Waals surface area contributed by atoms with Gasteiger partial charge in [-0.1, -0.05) is 30.3 Å². The Hall–Kier alpha value is -2.08. The normalized spacial score (nSPS) is 33.7. The standard InChI is InChI=1S/C21H29N3O3/c1-14-12-16(15-6-3-2-4-7-15)13-24(14)21(26)22-17-9-10-19(25)23-20(17)18-8-5-11-27-18/h2-4,6-7,14,16-18,20H,5,8-13H2,1H3,(H,22,26)(H,23,25). The van der Waals surface area contributed by atoms with E-state index in [1.54, 1.807) is 0 Å². The molecule has 5 unspecified atom stereocenters. The van der Waals surface area contributed by atoms with Crippen molar-refractivity contribution in [3.8, 4) is 0 Å². The maximum absolute atomic E-state index is 13.0. The van der Waals surface area contributed by atoms with Crippen molar-refractivity contribution in [3.63, 3.8) is 0 Å². The Balaban J connectivity index is 1.40. The third-order valence-electron chi connectivity index (χ3n) is 6.22. The van der Waals surface area contributed by atoms with Gasteiger partial charge in [0, 0.05) is 31.5 Å². The van der Waals surface area contributed by atoms with E-state index in [4.69, 9.17) is 4.74 Å². The minimum atomic E-state index is -0.125.